The predicted molar refractivity (Wildman–Crippen MR) is 204 cm³/mol. The summed E-state index contributed by atoms with van der Waals surface area (Å²) in [6, 6.07) is 3.01. The van der Waals surface area contributed by atoms with Crippen LogP contribution in [0.3, 0.4) is 0 Å². The summed E-state index contributed by atoms with van der Waals surface area (Å²) in [5.74, 6) is -5.16. The number of phosphoric ester groups is 1. The number of aryl methyl sites for hydroxylation is 1. The zero-order valence-corrected chi connectivity index (χ0v) is 34.6. The second-order valence-corrected chi connectivity index (χ2v) is 18.4. The average Bonchev–Trinajstić information content (AvgIpc) is 3.54. The minimum atomic E-state index is -4.09. The van der Waals surface area contributed by atoms with Crippen LogP contribution >= 0.6 is 7.82 Å². The van der Waals surface area contributed by atoms with E-state index in [1.807, 2.05) is 13.8 Å². The normalized spacial score (nSPS) is 17.0. The van der Waals surface area contributed by atoms with Crippen molar-refractivity contribution in [1.82, 2.24) is 29.9 Å². The van der Waals surface area contributed by atoms with E-state index in [1.54, 1.807) is 55.4 Å². The molecule has 0 saturated heterocycles. The molecular formula is C39H49F3N7O7P. The number of ether oxygens (including phenoxy) is 1. The third-order valence-corrected chi connectivity index (χ3v) is 11.6. The van der Waals surface area contributed by atoms with E-state index >= 15 is 4.39 Å². The first kappa shape index (κ1) is 42.0. The number of hydrogen-bond donors (Lipinski definition) is 2. The first-order valence-electron chi connectivity index (χ1n) is 18.6. The highest BCUT2D eigenvalue weighted by molar-refractivity contribution is 7.48. The molecule has 1 spiro atoms. The lowest BCUT2D eigenvalue weighted by molar-refractivity contribution is -0.119. The Morgan fingerprint density at radius 3 is 2.26 bits per heavy atom. The van der Waals surface area contributed by atoms with E-state index < -0.39 is 65.7 Å². The van der Waals surface area contributed by atoms with Crippen molar-refractivity contribution < 1.29 is 45.6 Å². The van der Waals surface area contributed by atoms with Gasteiger partial charge in [-0.15, -0.1) is 0 Å². The fraction of sp³-hybridized carbons (Fsp3) is 0.513. The van der Waals surface area contributed by atoms with Gasteiger partial charge in [0.05, 0.1) is 35.4 Å². The number of pyridine rings is 1. The lowest BCUT2D eigenvalue weighted by Crippen LogP contribution is -2.52. The van der Waals surface area contributed by atoms with Crippen molar-refractivity contribution in [3.63, 3.8) is 0 Å². The smallest absolute Gasteiger partial charge is 0.477 e. The molecule has 2 N–H and O–H groups in total. The van der Waals surface area contributed by atoms with Gasteiger partial charge in [-0.3, -0.25) is 32.8 Å². The minimum absolute atomic E-state index is 0.0271. The van der Waals surface area contributed by atoms with Crippen LogP contribution in [-0.4, -0.2) is 60.2 Å². The van der Waals surface area contributed by atoms with Crippen molar-refractivity contribution in [2.24, 2.45) is 5.41 Å². The highest BCUT2D eigenvalue weighted by atomic mass is 31.2. The van der Waals surface area contributed by atoms with Crippen molar-refractivity contribution in [3.05, 3.63) is 76.8 Å². The Hall–Kier alpha value is -4.57. The molecule has 6 rings (SSSR count). The molecule has 308 valence electrons. The van der Waals surface area contributed by atoms with Gasteiger partial charge < -0.3 is 15.4 Å². The minimum Gasteiger partial charge on any atom is -0.493 e. The maximum absolute atomic E-state index is 16.0. The van der Waals surface area contributed by atoms with Crippen LogP contribution in [0, 0.1) is 36.7 Å². The van der Waals surface area contributed by atoms with Crippen molar-refractivity contribution in [2.45, 2.75) is 118 Å². The Kier molecular flexibility index (Phi) is 11.3. The highest BCUT2D eigenvalue weighted by Gasteiger charge is 2.58. The molecule has 1 aliphatic carbocycles. The van der Waals surface area contributed by atoms with E-state index in [-0.39, 0.29) is 47.8 Å². The van der Waals surface area contributed by atoms with Gasteiger partial charge in [0.15, 0.2) is 24.2 Å². The number of halogens is 3. The number of phosphoric acid groups is 1. The number of aromatic nitrogens is 5. The molecule has 1 aromatic carbocycles. The Morgan fingerprint density at radius 2 is 1.67 bits per heavy atom. The van der Waals surface area contributed by atoms with Gasteiger partial charge >= 0.3 is 7.82 Å². The molecule has 1 unspecified atom stereocenters. The molecule has 14 nitrogen and oxygen atoms in total. The van der Waals surface area contributed by atoms with E-state index in [9.17, 15) is 22.9 Å². The van der Waals surface area contributed by atoms with Crippen molar-refractivity contribution in [2.75, 3.05) is 11.9 Å². The predicted octanol–water partition coefficient (Wildman–Crippen LogP) is 8.16. The molecule has 2 aliphatic rings. The molecule has 2 atom stereocenters. The van der Waals surface area contributed by atoms with Crippen molar-refractivity contribution in [1.29, 1.82) is 0 Å². The number of carbonyl (C=O) groups excluding carboxylic acids is 2. The fourth-order valence-electron chi connectivity index (χ4n) is 7.07. The van der Waals surface area contributed by atoms with Gasteiger partial charge in [0, 0.05) is 52.5 Å². The van der Waals surface area contributed by atoms with Gasteiger partial charge in [-0.1, -0.05) is 0 Å². The number of benzene rings is 1. The Balaban J connectivity index is 1.29. The first-order valence-corrected chi connectivity index (χ1v) is 20.1. The van der Waals surface area contributed by atoms with Gasteiger partial charge in [-0.2, -0.15) is 10.2 Å². The summed E-state index contributed by atoms with van der Waals surface area (Å²) in [6.07, 6.45) is 3.93. The summed E-state index contributed by atoms with van der Waals surface area (Å²) < 4.78 is 84.6. The Morgan fingerprint density at radius 1 is 1.02 bits per heavy atom. The number of carbonyl (C=O) groups is 2. The van der Waals surface area contributed by atoms with E-state index in [2.05, 4.69) is 25.8 Å². The van der Waals surface area contributed by atoms with Gasteiger partial charge in [-0.25, -0.2) is 22.4 Å². The van der Waals surface area contributed by atoms with E-state index in [1.165, 1.54) is 27.8 Å². The first-order chi connectivity index (χ1) is 26.5. The lowest BCUT2D eigenvalue weighted by Gasteiger charge is -2.38. The Labute approximate surface area is 329 Å². The number of amides is 2. The maximum atomic E-state index is 16.0. The second kappa shape index (κ2) is 15.3. The summed E-state index contributed by atoms with van der Waals surface area (Å²) in [6.45, 7) is 17.1. The van der Waals surface area contributed by atoms with Gasteiger partial charge in [0.1, 0.15) is 23.2 Å². The summed E-state index contributed by atoms with van der Waals surface area (Å²) >= 11 is 0. The van der Waals surface area contributed by atoms with Gasteiger partial charge in [0.25, 0.3) is 5.91 Å². The largest absolute Gasteiger partial charge is 0.493 e. The maximum Gasteiger partial charge on any atom is 0.477 e. The standard InChI is InChI=1S/C39H49F3N7O7P/c1-21(2)49-29(11-14-44-49)35(50)46-34(32-25-16-26(40)27(41)17-30(25)53-19-39(32)12-13-39)36(51)45-24-15-28(42)33(43-18-24)31-22(3)47-48(23(31)4)20-54-57(52,55-37(5,6)7)56-38(8,9)10/h11,14-18,21,32,34H,12-13,19-20H2,1-10H3,(H,45,51)(H,46,50)/t32?,34-/m0/s1. The van der Waals surface area contributed by atoms with Gasteiger partial charge in [-0.05, 0) is 94.2 Å². The molecule has 4 aromatic rings. The topological polar surface area (TPSA) is 161 Å². The van der Waals surface area contributed by atoms with E-state index in [0.29, 0.717) is 29.8 Å². The zero-order valence-electron chi connectivity index (χ0n) is 33.7. The van der Waals surface area contributed by atoms with Gasteiger partial charge in [0.2, 0.25) is 5.91 Å². The number of anilines is 1. The highest BCUT2D eigenvalue weighted by Crippen LogP contribution is 2.61. The number of rotatable bonds is 12. The molecule has 1 aliphatic heterocycles. The van der Waals surface area contributed by atoms with Crippen LogP contribution in [0.1, 0.15) is 108 Å². The number of nitrogens with one attached hydrogen (secondary N) is 2. The van der Waals surface area contributed by atoms with Crippen LogP contribution in [0.15, 0.2) is 36.7 Å². The molecule has 1 saturated carbocycles. The van der Waals surface area contributed by atoms with Crippen LogP contribution in [-0.2, 0) is 29.7 Å². The monoisotopic (exact) mass is 815 g/mol. The molecule has 4 heterocycles. The van der Waals surface area contributed by atoms with Crippen molar-refractivity contribution >= 4 is 25.3 Å². The number of fused-ring (bicyclic) bond motifs is 1. The second-order valence-electron chi connectivity index (χ2n) is 16.8. The van der Waals surface area contributed by atoms with E-state index in [4.69, 9.17) is 18.3 Å². The SMILES string of the molecule is Cc1nn(COP(=O)(OC(C)(C)C)OC(C)(C)C)c(C)c1-c1ncc(NC(=O)[C@@H](NC(=O)c2ccnn2C(C)C)C2c3cc(F)c(F)cc3OCC23CC3)cc1F. The summed E-state index contributed by atoms with van der Waals surface area (Å²) in [5, 5.41) is 14.2. The van der Waals surface area contributed by atoms with Crippen LogP contribution < -0.4 is 15.4 Å². The number of nitrogens with zero attached hydrogens (tertiary/aromatic N) is 5. The molecular weight excluding hydrogens is 766 g/mol. The average molecular weight is 816 g/mol. The third-order valence-electron chi connectivity index (χ3n) is 9.59. The molecule has 2 amide bonds. The molecule has 0 radical (unpaired) electrons. The van der Waals surface area contributed by atoms with Crippen LogP contribution in [0.5, 0.6) is 5.75 Å². The Bertz CT molecular complexity index is 2220. The summed E-state index contributed by atoms with van der Waals surface area (Å²) in [5.41, 5.74) is -0.888. The summed E-state index contributed by atoms with van der Waals surface area (Å²) in [4.78, 5) is 32.5. The van der Waals surface area contributed by atoms with Crippen LogP contribution in [0.4, 0.5) is 18.9 Å². The number of hydrogen-bond acceptors (Lipinski definition) is 10. The fourth-order valence-corrected chi connectivity index (χ4v) is 8.80. The molecule has 1 fully saturated rings. The summed E-state index contributed by atoms with van der Waals surface area (Å²) in [7, 11) is -4.09. The van der Waals surface area contributed by atoms with Crippen LogP contribution in [0.2, 0.25) is 0 Å². The molecule has 57 heavy (non-hydrogen) atoms. The molecule has 18 heteroatoms. The third kappa shape index (κ3) is 9.11. The van der Waals surface area contributed by atoms with E-state index in [0.717, 1.165) is 18.2 Å². The molecule has 3 aromatic heterocycles. The molecule has 0 bridgehead atoms. The van der Waals surface area contributed by atoms with Crippen LogP contribution in [0.25, 0.3) is 11.3 Å². The van der Waals surface area contributed by atoms with Crippen molar-refractivity contribution in [3.8, 4) is 17.0 Å². The lowest BCUT2D eigenvalue weighted by atomic mass is 9.75. The quantitative estimate of drug-likeness (QED) is 0.134. The zero-order chi connectivity index (χ0) is 41.8.